The van der Waals surface area contributed by atoms with E-state index in [0.29, 0.717) is 0 Å². The van der Waals surface area contributed by atoms with Crippen molar-refractivity contribution in [1.82, 2.24) is 0 Å². The molecule has 0 rings (SSSR count). The third-order valence-corrected chi connectivity index (χ3v) is 0.0833. The van der Waals surface area contributed by atoms with Crippen molar-refractivity contribution >= 4 is 6.29 Å². The Morgan fingerprint density at radius 3 is 2.25 bits per heavy atom. The van der Waals surface area contributed by atoms with Crippen molar-refractivity contribution in [2.24, 2.45) is 0 Å². The van der Waals surface area contributed by atoms with Gasteiger partial charge in [-0.3, -0.25) is 0 Å². The minimum Gasteiger partial charge on any atom is -0.0969 e. The second-order valence-corrected chi connectivity index (χ2v) is 0.322. The summed E-state index contributed by atoms with van der Waals surface area (Å²) < 4.78 is 0. The predicted molar refractivity (Wildman–Crippen MR) is 15.9 cm³/mol. The molecule has 0 aromatic rings. The van der Waals surface area contributed by atoms with Gasteiger partial charge >= 0.3 is 6.29 Å². The maximum absolute atomic E-state index is 8.93. The molecule has 0 saturated carbocycles. The SMILES string of the molecule is C=C[C+]=O. The van der Waals surface area contributed by atoms with Crippen molar-refractivity contribution in [3.8, 4) is 0 Å². The molecule has 0 radical (unpaired) electrons. The van der Waals surface area contributed by atoms with E-state index in [0.717, 1.165) is 6.08 Å². The molecule has 0 fully saturated rings. The maximum atomic E-state index is 8.93. The van der Waals surface area contributed by atoms with Crippen LogP contribution in [0.3, 0.4) is 0 Å². The predicted octanol–water partition coefficient (Wildman–Crippen LogP) is 0.282. The Bertz CT molecular complexity index is 24.3. The van der Waals surface area contributed by atoms with Crippen LogP contribution in [0, 0.1) is 0 Å². The molecule has 0 saturated heterocycles. The largest absolute Gasteiger partial charge is 0.355 e. The van der Waals surface area contributed by atoms with Crippen LogP contribution in [0.4, 0.5) is 0 Å². The second kappa shape index (κ2) is 2.32. The summed E-state index contributed by atoms with van der Waals surface area (Å²) in [5.41, 5.74) is 0. The number of rotatable bonds is 1. The molecule has 0 aromatic heterocycles. The molecule has 0 aliphatic rings. The van der Waals surface area contributed by atoms with Gasteiger partial charge < -0.3 is 0 Å². The van der Waals surface area contributed by atoms with Gasteiger partial charge in [0, 0.05) is 6.58 Å². The Morgan fingerprint density at radius 1 is 2.00 bits per heavy atom. The van der Waals surface area contributed by atoms with Crippen molar-refractivity contribution in [1.29, 1.82) is 0 Å². The van der Waals surface area contributed by atoms with E-state index in [4.69, 9.17) is 4.79 Å². The van der Waals surface area contributed by atoms with E-state index < -0.39 is 0 Å². The first-order valence-electron chi connectivity index (χ1n) is 0.901. The monoisotopic (exact) mass is 55.0 g/mol. The third kappa shape index (κ3) is 1.32. The van der Waals surface area contributed by atoms with Crippen LogP contribution < -0.4 is 0 Å². The van der Waals surface area contributed by atoms with Gasteiger partial charge in [0.1, 0.15) is 0 Å². The van der Waals surface area contributed by atoms with Crippen LogP contribution in [0.2, 0.25) is 0 Å². The van der Waals surface area contributed by atoms with E-state index >= 15 is 0 Å². The van der Waals surface area contributed by atoms with Gasteiger partial charge in [-0.15, -0.1) is 0 Å². The average molecular weight is 55.1 g/mol. The van der Waals surface area contributed by atoms with Gasteiger partial charge in [0.05, 0.1) is 0 Å². The summed E-state index contributed by atoms with van der Waals surface area (Å²) in [6, 6.07) is 0. The zero-order valence-electron chi connectivity index (χ0n) is 2.19. The Balaban J connectivity index is 2.73. The molecule has 0 heterocycles. The van der Waals surface area contributed by atoms with Gasteiger partial charge in [-0.2, -0.15) is 0 Å². The number of allylic oxidation sites excluding steroid dienone is 1. The van der Waals surface area contributed by atoms with Gasteiger partial charge in [-0.05, 0) is 0 Å². The molecule has 0 aromatic carbocycles. The highest BCUT2D eigenvalue weighted by molar-refractivity contribution is 5.64. The lowest BCUT2D eigenvalue weighted by Crippen LogP contribution is -1.44. The van der Waals surface area contributed by atoms with E-state index in [9.17, 15) is 0 Å². The number of hydrogen-bond acceptors (Lipinski definition) is 1. The van der Waals surface area contributed by atoms with Crippen LogP contribution in [0.1, 0.15) is 0 Å². The van der Waals surface area contributed by atoms with E-state index in [1.807, 2.05) is 0 Å². The molecule has 1 heteroatoms. The topological polar surface area (TPSA) is 17.1 Å². The van der Waals surface area contributed by atoms with Crippen LogP contribution in [0.5, 0.6) is 0 Å². The molecule has 0 bridgehead atoms. The molecule has 0 aliphatic heterocycles. The normalized spacial score (nSPS) is 4.00. The van der Waals surface area contributed by atoms with Gasteiger partial charge in [0.15, 0.2) is 6.08 Å². The van der Waals surface area contributed by atoms with E-state index in [1.165, 1.54) is 6.29 Å². The summed E-state index contributed by atoms with van der Waals surface area (Å²) in [7, 11) is 0. The standard InChI is InChI=1S/C3H3O/c1-2-3-4/h2H,1H2/q+1. The highest BCUT2D eigenvalue weighted by Crippen LogP contribution is 1.35. The Labute approximate surface area is 24.9 Å². The fraction of sp³-hybridized carbons (Fsp3) is 0. The molecular formula is C3H3O+. The molecule has 0 aliphatic carbocycles. The van der Waals surface area contributed by atoms with Gasteiger partial charge in [0.25, 0.3) is 0 Å². The molecule has 20 valence electrons. The quantitative estimate of drug-likeness (QED) is 0.311. The smallest absolute Gasteiger partial charge is 0.0969 e. The first-order valence-corrected chi connectivity index (χ1v) is 0.901. The highest BCUT2D eigenvalue weighted by atomic mass is 16.1. The van der Waals surface area contributed by atoms with Crippen molar-refractivity contribution in [3.63, 3.8) is 0 Å². The summed E-state index contributed by atoms with van der Waals surface area (Å²) in [6.45, 7) is 3.06. The summed E-state index contributed by atoms with van der Waals surface area (Å²) in [4.78, 5) is 8.93. The second-order valence-electron chi connectivity index (χ2n) is 0.322. The van der Waals surface area contributed by atoms with E-state index in [2.05, 4.69) is 6.58 Å². The zero-order chi connectivity index (χ0) is 3.41. The Morgan fingerprint density at radius 2 is 2.25 bits per heavy atom. The third-order valence-electron chi connectivity index (χ3n) is 0.0833. The minimum atomic E-state index is 1.07. The van der Waals surface area contributed by atoms with Crippen LogP contribution in [-0.4, -0.2) is 6.29 Å². The molecular weight excluding hydrogens is 52.0 g/mol. The number of hydrogen-bond donors (Lipinski definition) is 0. The summed E-state index contributed by atoms with van der Waals surface area (Å²) in [6.07, 6.45) is 2.51. The van der Waals surface area contributed by atoms with Crippen LogP contribution >= 0.6 is 0 Å². The molecule has 1 nitrogen and oxygen atoms in total. The van der Waals surface area contributed by atoms with Gasteiger partial charge in [0.2, 0.25) is 0 Å². The lowest BCUT2D eigenvalue weighted by molar-refractivity contribution is 0.564. The number of carbonyl (C=O) groups excluding carboxylic acids is 1. The van der Waals surface area contributed by atoms with Crippen molar-refractivity contribution in [2.75, 3.05) is 0 Å². The first kappa shape index (κ1) is 3.32. The Hall–Kier alpha value is -0.680. The molecule has 0 spiro atoms. The van der Waals surface area contributed by atoms with Crippen molar-refractivity contribution in [2.45, 2.75) is 0 Å². The molecule has 0 N–H and O–H groups in total. The molecule has 4 heavy (non-hydrogen) atoms. The van der Waals surface area contributed by atoms with Crippen molar-refractivity contribution < 1.29 is 4.79 Å². The molecule has 0 amide bonds. The van der Waals surface area contributed by atoms with E-state index in [1.54, 1.807) is 0 Å². The Kier molecular flexibility index (Phi) is 1.93. The fourth-order valence-corrected chi connectivity index (χ4v) is 0. The minimum absolute atomic E-state index is 1.07. The zero-order valence-corrected chi connectivity index (χ0v) is 2.19. The van der Waals surface area contributed by atoms with Gasteiger partial charge in [-0.1, -0.05) is 4.79 Å². The first-order chi connectivity index (χ1) is 1.91. The van der Waals surface area contributed by atoms with Crippen LogP contribution in [-0.2, 0) is 4.79 Å². The average Bonchev–Trinajstić information content (AvgIpc) is 1.37. The maximum Gasteiger partial charge on any atom is 0.355 e. The summed E-state index contributed by atoms with van der Waals surface area (Å²) >= 11 is 0. The highest BCUT2D eigenvalue weighted by Gasteiger charge is 1.59. The lowest BCUT2D eigenvalue weighted by Gasteiger charge is -1.17. The van der Waals surface area contributed by atoms with E-state index in [-0.39, 0.29) is 0 Å². The summed E-state index contributed by atoms with van der Waals surface area (Å²) in [5, 5.41) is 0. The van der Waals surface area contributed by atoms with Crippen molar-refractivity contribution in [3.05, 3.63) is 12.7 Å². The van der Waals surface area contributed by atoms with Crippen LogP contribution in [0.25, 0.3) is 0 Å². The molecule has 0 unspecified atom stereocenters. The van der Waals surface area contributed by atoms with Gasteiger partial charge in [-0.25, -0.2) is 0 Å². The fourth-order valence-electron chi connectivity index (χ4n) is 0. The lowest BCUT2D eigenvalue weighted by atomic mass is 10.8. The van der Waals surface area contributed by atoms with Crippen LogP contribution in [0.15, 0.2) is 12.7 Å². The summed E-state index contributed by atoms with van der Waals surface area (Å²) in [5.74, 6) is 0. The molecule has 0 atom stereocenters.